The van der Waals surface area contributed by atoms with Crippen LogP contribution in [0.25, 0.3) is 11.3 Å². The number of rotatable bonds is 11. The van der Waals surface area contributed by atoms with Crippen molar-refractivity contribution < 1.29 is 31.5 Å². The van der Waals surface area contributed by atoms with Crippen molar-refractivity contribution >= 4 is 32.6 Å². The Morgan fingerprint density at radius 3 is 2.31 bits per heavy atom. The zero-order valence-corrected chi connectivity index (χ0v) is 23.0. The number of pyridine rings is 1. The monoisotopic (exact) mass is 574 g/mol. The molecule has 1 fully saturated rings. The fraction of sp³-hybridized carbons (Fsp3) is 0.308. The normalized spacial score (nSPS) is 15.6. The first-order valence-corrected chi connectivity index (χ1v) is 15.2. The Kier molecular flexibility index (Phi) is 9.17. The summed E-state index contributed by atoms with van der Waals surface area (Å²) in [6.45, 7) is 0.613. The number of nitrogens with zero attached hydrogens (tertiary/aromatic N) is 4. The summed E-state index contributed by atoms with van der Waals surface area (Å²) in [6.07, 6.45) is 2.82. The number of ether oxygens (including phenoxy) is 1. The highest BCUT2D eigenvalue weighted by atomic mass is 32.2. The second kappa shape index (κ2) is 12.6. The van der Waals surface area contributed by atoms with E-state index in [4.69, 9.17) is 4.74 Å². The highest BCUT2D eigenvalue weighted by Crippen LogP contribution is 2.23. The number of thiol groups is 1. The first kappa shape index (κ1) is 28.5. The fourth-order valence-electron chi connectivity index (χ4n) is 4.34. The summed E-state index contributed by atoms with van der Waals surface area (Å²) >= 11 is 0. The number of anilines is 1. The molecule has 0 spiro atoms. The predicted molar refractivity (Wildman–Crippen MR) is 148 cm³/mol. The quantitative estimate of drug-likeness (QED) is 0.328. The van der Waals surface area contributed by atoms with E-state index in [1.807, 2.05) is 42.5 Å². The first-order valence-electron chi connectivity index (χ1n) is 12.2. The number of carboxylic acid groups (broad SMARTS) is 1. The molecule has 3 aromatic rings. The number of carbonyl (C=O) groups is 1. The molecule has 2 aromatic carbocycles. The summed E-state index contributed by atoms with van der Waals surface area (Å²) < 4.78 is 55.9. The van der Waals surface area contributed by atoms with Gasteiger partial charge in [0.05, 0.1) is 24.2 Å². The molecule has 1 aliphatic rings. The van der Waals surface area contributed by atoms with Crippen molar-refractivity contribution in [2.75, 3.05) is 43.3 Å². The molecule has 0 amide bonds. The molecule has 0 saturated carbocycles. The van der Waals surface area contributed by atoms with Crippen molar-refractivity contribution in [1.29, 1.82) is 0 Å². The van der Waals surface area contributed by atoms with Crippen LogP contribution in [-0.2, 0) is 32.3 Å². The zero-order chi connectivity index (χ0) is 28.0. The Balaban J connectivity index is 1.41. The lowest BCUT2D eigenvalue weighted by molar-refractivity contribution is -0.143. The third-order valence-electron chi connectivity index (χ3n) is 6.45. The fourth-order valence-corrected chi connectivity index (χ4v) is 5.78. The summed E-state index contributed by atoms with van der Waals surface area (Å²) in [4.78, 5) is 18.0. The highest BCUT2D eigenvalue weighted by Gasteiger charge is 2.33. The Morgan fingerprint density at radius 1 is 1.05 bits per heavy atom. The van der Waals surface area contributed by atoms with E-state index in [9.17, 15) is 26.7 Å². The lowest BCUT2D eigenvalue weighted by Gasteiger charge is -2.37. The van der Waals surface area contributed by atoms with Crippen molar-refractivity contribution in [3.8, 4) is 17.0 Å². The van der Waals surface area contributed by atoms with Crippen LogP contribution in [0.5, 0.6) is 5.75 Å². The summed E-state index contributed by atoms with van der Waals surface area (Å²) in [6, 6.07) is 18.8. The van der Waals surface area contributed by atoms with Gasteiger partial charge in [-0.1, -0.05) is 30.3 Å². The van der Waals surface area contributed by atoms with Crippen molar-refractivity contribution in [2.24, 2.45) is 0 Å². The van der Waals surface area contributed by atoms with Crippen LogP contribution in [-0.4, -0.2) is 87.1 Å². The Hall–Kier alpha value is -3.52. The summed E-state index contributed by atoms with van der Waals surface area (Å²) in [5.74, 6) is -0.665. The topological polar surface area (TPSA) is 137 Å². The molecule has 1 aliphatic heterocycles. The smallest absolute Gasteiger partial charge is 0.322 e. The van der Waals surface area contributed by atoms with Crippen LogP contribution in [0.1, 0.15) is 5.56 Å². The number of hydrogen-bond donors (Lipinski definition) is 2. The van der Waals surface area contributed by atoms with Crippen molar-refractivity contribution in [2.45, 2.75) is 12.6 Å². The summed E-state index contributed by atoms with van der Waals surface area (Å²) in [5.41, 5.74) is 3.03. The average Bonchev–Trinajstić information content (AvgIpc) is 2.93. The van der Waals surface area contributed by atoms with Gasteiger partial charge in [0.15, 0.2) is 0 Å². The van der Waals surface area contributed by atoms with Crippen molar-refractivity contribution in [3.63, 3.8) is 0 Å². The van der Waals surface area contributed by atoms with Gasteiger partial charge in [-0.15, -0.1) is 0 Å². The number of piperazine rings is 1. The van der Waals surface area contributed by atoms with Gasteiger partial charge in [-0.3, -0.25) is 19.0 Å². The molecule has 13 heteroatoms. The van der Waals surface area contributed by atoms with Gasteiger partial charge in [-0.25, -0.2) is 16.8 Å². The van der Waals surface area contributed by atoms with Crippen molar-refractivity contribution in [3.05, 3.63) is 78.5 Å². The number of benzene rings is 2. The van der Waals surface area contributed by atoms with Crippen LogP contribution in [0.3, 0.4) is 0 Å². The van der Waals surface area contributed by atoms with Gasteiger partial charge in [-0.2, -0.15) is 4.31 Å². The number of aromatic nitrogens is 1. The van der Waals surface area contributed by atoms with E-state index in [1.165, 1.54) is 4.31 Å². The third-order valence-corrected chi connectivity index (χ3v) is 8.54. The molecular weight excluding hydrogens is 544 g/mol. The van der Waals surface area contributed by atoms with Crippen LogP contribution in [0.4, 0.5) is 5.69 Å². The first-order chi connectivity index (χ1) is 18.6. The standard InChI is InChI=1S/C26H30N4O7S2/c1-39(35,36)29-15-13-28(14-16-29)25(26(31)32)18-30(38(33)34)22-7-9-23(10-8-22)37-19-20-11-12-27-24(17-20)21-5-3-2-4-6-21/h2-12,17,25,38H,13-16,18-19H2,1H3,(H,31,32)/t25-/m0/s1. The van der Waals surface area contributed by atoms with Gasteiger partial charge in [0, 0.05) is 37.9 Å². The van der Waals surface area contributed by atoms with Gasteiger partial charge in [0.2, 0.25) is 20.9 Å². The van der Waals surface area contributed by atoms with E-state index in [-0.39, 0.29) is 39.3 Å². The molecule has 208 valence electrons. The predicted octanol–water partition coefficient (Wildman–Crippen LogP) is 1.69. The molecule has 0 aliphatic carbocycles. The van der Waals surface area contributed by atoms with E-state index in [2.05, 4.69) is 4.98 Å². The van der Waals surface area contributed by atoms with Crippen LogP contribution in [0.15, 0.2) is 72.9 Å². The molecule has 11 nitrogen and oxygen atoms in total. The second-order valence-electron chi connectivity index (χ2n) is 9.07. The zero-order valence-electron chi connectivity index (χ0n) is 21.3. The molecule has 1 aromatic heterocycles. The molecular formula is C26H30N4O7S2. The van der Waals surface area contributed by atoms with Crippen LogP contribution < -0.4 is 9.04 Å². The van der Waals surface area contributed by atoms with Gasteiger partial charge in [0.1, 0.15) is 18.4 Å². The maximum absolute atomic E-state index is 12.1. The minimum Gasteiger partial charge on any atom is -0.489 e. The van der Waals surface area contributed by atoms with Gasteiger partial charge < -0.3 is 9.84 Å². The lowest BCUT2D eigenvalue weighted by Crippen LogP contribution is -2.56. The van der Waals surface area contributed by atoms with Gasteiger partial charge >= 0.3 is 5.97 Å². The molecule has 4 rings (SSSR count). The van der Waals surface area contributed by atoms with E-state index < -0.39 is 32.9 Å². The number of aliphatic carboxylic acids is 1. The summed E-state index contributed by atoms with van der Waals surface area (Å²) in [7, 11) is -6.52. The van der Waals surface area contributed by atoms with E-state index in [0.717, 1.165) is 27.4 Å². The third kappa shape index (κ3) is 7.53. The SMILES string of the molecule is CS(=O)(=O)N1CCN([C@@H](CN(c2ccc(OCc3ccnc(-c4ccccc4)c3)cc2)[SH](=O)=O)C(=O)O)CC1. The minimum absolute atomic E-state index is 0.141. The molecule has 2 heterocycles. The minimum atomic E-state index is -3.38. The second-order valence-corrected chi connectivity index (χ2v) is 12.0. The number of sulfonamides is 1. The van der Waals surface area contributed by atoms with E-state index >= 15 is 0 Å². The van der Waals surface area contributed by atoms with Crippen LogP contribution >= 0.6 is 0 Å². The van der Waals surface area contributed by atoms with E-state index in [0.29, 0.717) is 11.4 Å². The van der Waals surface area contributed by atoms with Crippen molar-refractivity contribution in [1.82, 2.24) is 14.2 Å². The molecule has 1 atom stereocenters. The largest absolute Gasteiger partial charge is 0.489 e. The molecule has 39 heavy (non-hydrogen) atoms. The Bertz CT molecular complexity index is 1450. The maximum Gasteiger partial charge on any atom is 0.322 e. The highest BCUT2D eigenvalue weighted by molar-refractivity contribution is 7.88. The average molecular weight is 575 g/mol. The molecule has 0 unspecified atom stereocenters. The molecule has 1 N–H and O–H groups in total. The lowest BCUT2D eigenvalue weighted by atomic mass is 10.1. The molecule has 0 bridgehead atoms. The van der Waals surface area contributed by atoms with Gasteiger partial charge in [-0.05, 0) is 42.0 Å². The maximum atomic E-state index is 12.1. The van der Waals surface area contributed by atoms with Gasteiger partial charge in [0.25, 0.3) is 0 Å². The van der Waals surface area contributed by atoms with E-state index in [1.54, 1.807) is 35.4 Å². The number of carboxylic acids is 1. The Morgan fingerprint density at radius 2 is 1.72 bits per heavy atom. The Labute approximate surface area is 229 Å². The van der Waals surface area contributed by atoms with Crippen LogP contribution in [0.2, 0.25) is 0 Å². The number of hydrogen-bond acceptors (Lipinski definition) is 8. The summed E-state index contributed by atoms with van der Waals surface area (Å²) in [5, 5.41) is 9.82. The molecule has 1 saturated heterocycles. The molecule has 0 radical (unpaired) electrons. The van der Waals surface area contributed by atoms with Crippen LogP contribution in [0, 0.1) is 0 Å².